The fourth-order valence-electron chi connectivity index (χ4n) is 1.65. The summed E-state index contributed by atoms with van der Waals surface area (Å²) in [4.78, 5) is 21.5. The van der Waals surface area contributed by atoms with Crippen LogP contribution in [0.4, 0.5) is 5.69 Å². The van der Waals surface area contributed by atoms with E-state index in [1.165, 1.54) is 19.2 Å². The van der Waals surface area contributed by atoms with Gasteiger partial charge in [-0.3, -0.25) is 14.9 Å². The summed E-state index contributed by atoms with van der Waals surface area (Å²) >= 11 is 0. The minimum atomic E-state index is -1.05. The van der Waals surface area contributed by atoms with Gasteiger partial charge in [0.05, 0.1) is 24.7 Å². The second-order valence-corrected chi connectivity index (χ2v) is 4.62. The minimum absolute atomic E-state index is 0.0271. The Morgan fingerprint density at radius 3 is 2.80 bits per heavy atom. The van der Waals surface area contributed by atoms with Gasteiger partial charge >= 0.3 is 5.97 Å². The zero-order chi connectivity index (χ0) is 15.2. The zero-order valence-corrected chi connectivity index (χ0v) is 11.5. The Labute approximate surface area is 116 Å². The number of nitro groups is 1. The SMILES string of the molecule is COC(=O)C(C)(N)CCCOc1cccc([N+](=O)[O-])c1. The number of hydrogen-bond donors (Lipinski definition) is 1. The molecule has 0 amide bonds. The first-order chi connectivity index (χ1) is 9.36. The van der Waals surface area contributed by atoms with Crippen LogP contribution in [0, 0.1) is 10.1 Å². The van der Waals surface area contributed by atoms with Crippen molar-refractivity contribution in [3.8, 4) is 5.75 Å². The molecule has 110 valence electrons. The van der Waals surface area contributed by atoms with Crippen LogP contribution in [0.25, 0.3) is 0 Å². The summed E-state index contributed by atoms with van der Waals surface area (Å²) in [6.07, 6.45) is 0.930. The van der Waals surface area contributed by atoms with Crippen LogP contribution in [-0.2, 0) is 9.53 Å². The monoisotopic (exact) mass is 282 g/mol. The molecule has 1 rings (SSSR count). The molecule has 7 heteroatoms. The lowest BCUT2D eigenvalue weighted by atomic mass is 9.98. The van der Waals surface area contributed by atoms with Crippen molar-refractivity contribution in [2.24, 2.45) is 5.73 Å². The number of benzene rings is 1. The second-order valence-electron chi connectivity index (χ2n) is 4.62. The zero-order valence-electron chi connectivity index (χ0n) is 11.5. The molecule has 0 radical (unpaired) electrons. The van der Waals surface area contributed by atoms with E-state index in [-0.39, 0.29) is 5.69 Å². The van der Waals surface area contributed by atoms with Crippen molar-refractivity contribution in [1.82, 2.24) is 0 Å². The number of carbonyl (C=O) groups is 1. The van der Waals surface area contributed by atoms with E-state index in [1.807, 2.05) is 0 Å². The van der Waals surface area contributed by atoms with Crippen LogP contribution in [0.3, 0.4) is 0 Å². The number of hydrogen-bond acceptors (Lipinski definition) is 6. The minimum Gasteiger partial charge on any atom is -0.493 e. The Hall–Kier alpha value is -2.15. The molecule has 1 atom stereocenters. The Morgan fingerprint density at radius 1 is 1.50 bits per heavy atom. The van der Waals surface area contributed by atoms with Crippen LogP contribution in [0.1, 0.15) is 19.8 Å². The van der Waals surface area contributed by atoms with Crippen molar-refractivity contribution in [2.75, 3.05) is 13.7 Å². The predicted molar refractivity (Wildman–Crippen MR) is 72.4 cm³/mol. The highest BCUT2D eigenvalue weighted by Gasteiger charge is 2.28. The van der Waals surface area contributed by atoms with Gasteiger partial charge in [-0.05, 0) is 25.8 Å². The summed E-state index contributed by atoms with van der Waals surface area (Å²) in [5.41, 5.74) is 4.71. The number of methoxy groups -OCH3 is 1. The molecule has 0 fully saturated rings. The van der Waals surface area contributed by atoms with Gasteiger partial charge in [-0.15, -0.1) is 0 Å². The summed E-state index contributed by atoms with van der Waals surface area (Å²) < 4.78 is 9.99. The molecule has 2 N–H and O–H groups in total. The summed E-state index contributed by atoms with van der Waals surface area (Å²) in [5.74, 6) is -0.0659. The predicted octanol–water partition coefficient (Wildman–Crippen LogP) is 1.64. The topological polar surface area (TPSA) is 105 Å². The van der Waals surface area contributed by atoms with E-state index in [1.54, 1.807) is 19.1 Å². The van der Waals surface area contributed by atoms with Crippen molar-refractivity contribution in [1.29, 1.82) is 0 Å². The van der Waals surface area contributed by atoms with Crippen LogP contribution in [0.2, 0.25) is 0 Å². The molecule has 0 heterocycles. The number of non-ortho nitro benzene ring substituents is 1. The van der Waals surface area contributed by atoms with Gasteiger partial charge in [0.25, 0.3) is 5.69 Å². The number of nitrogens with two attached hydrogens (primary N) is 1. The van der Waals surface area contributed by atoms with Gasteiger partial charge in [-0.2, -0.15) is 0 Å². The lowest BCUT2D eigenvalue weighted by molar-refractivity contribution is -0.384. The number of rotatable bonds is 7. The molecule has 0 aliphatic rings. The maximum Gasteiger partial charge on any atom is 0.325 e. The second kappa shape index (κ2) is 6.85. The third-order valence-electron chi connectivity index (χ3n) is 2.79. The van der Waals surface area contributed by atoms with E-state index in [2.05, 4.69) is 4.74 Å². The normalized spacial score (nSPS) is 13.3. The van der Waals surface area contributed by atoms with Crippen LogP contribution < -0.4 is 10.5 Å². The van der Waals surface area contributed by atoms with E-state index in [9.17, 15) is 14.9 Å². The van der Waals surface area contributed by atoms with Gasteiger partial charge in [0.15, 0.2) is 0 Å². The maximum absolute atomic E-state index is 11.4. The van der Waals surface area contributed by atoms with E-state index < -0.39 is 16.4 Å². The Kier molecular flexibility index (Phi) is 5.45. The van der Waals surface area contributed by atoms with Crippen LogP contribution in [-0.4, -0.2) is 30.1 Å². The molecular formula is C13H18N2O5. The largest absolute Gasteiger partial charge is 0.493 e. The van der Waals surface area contributed by atoms with Crippen molar-refractivity contribution in [3.05, 3.63) is 34.4 Å². The molecular weight excluding hydrogens is 264 g/mol. The number of esters is 1. The highest BCUT2D eigenvalue weighted by atomic mass is 16.6. The average molecular weight is 282 g/mol. The number of ether oxygens (including phenoxy) is 2. The van der Waals surface area contributed by atoms with Crippen LogP contribution in [0.5, 0.6) is 5.75 Å². The Morgan fingerprint density at radius 2 is 2.20 bits per heavy atom. The molecule has 7 nitrogen and oxygen atoms in total. The van der Waals surface area contributed by atoms with Crippen molar-refractivity contribution >= 4 is 11.7 Å². The molecule has 20 heavy (non-hydrogen) atoms. The van der Waals surface area contributed by atoms with Gasteiger partial charge < -0.3 is 15.2 Å². The average Bonchev–Trinajstić information content (AvgIpc) is 2.43. The smallest absolute Gasteiger partial charge is 0.325 e. The van der Waals surface area contributed by atoms with E-state index in [0.717, 1.165) is 0 Å². The van der Waals surface area contributed by atoms with E-state index in [0.29, 0.717) is 25.2 Å². The molecule has 0 saturated carbocycles. The number of nitrogens with zero attached hydrogens (tertiary/aromatic N) is 1. The first kappa shape index (κ1) is 15.9. The summed E-state index contributed by atoms with van der Waals surface area (Å²) in [5, 5.41) is 10.6. The lowest BCUT2D eigenvalue weighted by Gasteiger charge is -2.21. The van der Waals surface area contributed by atoms with Crippen molar-refractivity contribution in [3.63, 3.8) is 0 Å². The third-order valence-corrected chi connectivity index (χ3v) is 2.79. The molecule has 1 aromatic carbocycles. The highest BCUT2D eigenvalue weighted by Crippen LogP contribution is 2.19. The fourth-order valence-corrected chi connectivity index (χ4v) is 1.65. The summed E-state index contributed by atoms with van der Waals surface area (Å²) in [7, 11) is 1.28. The molecule has 0 aliphatic heterocycles. The first-order valence-corrected chi connectivity index (χ1v) is 6.11. The van der Waals surface area contributed by atoms with Gasteiger partial charge in [-0.1, -0.05) is 6.07 Å². The van der Waals surface area contributed by atoms with Gasteiger partial charge in [-0.25, -0.2) is 0 Å². The molecule has 0 bridgehead atoms. The molecule has 0 spiro atoms. The quantitative estimate of drug-likeness (QED) is 0.353. The van der Waals surface area contributed by atoms with E-state index in [4.69, 9.17) is 10.5 Å². The third kappa shape index (κ3) is 4.51. The van der Waals surface area contributed by atoms with Crippen molar-refractivity contribution < 1.29 is 19.2 Å². The standard InChI is InChI=1S/C13H18N2O5/c1-13(14,12(16)19-2)7-4-8-20-11-6-3-5-10(9-11)15(17)18/h3,5-6,9H,4,7-8,14H2,1-2H3. The van der Waals surface area contributed by atoms with E-state index >= 15 is 0 Å². The lowest BCUT2D eigenvalue weighted by Crippen LogP contribution is -2.45. The first-order valence-electron chi connectivity index (χ1n) is 6.11. The summed E-state index contributed by atoms with van der Waals surface area (Å²) in [6, 6.07) is 5.92. The Balaban J connectivity index is 2.43. The van der Waals surface area contributed by atoms with Gasteiger partial charge in [0.1, 0.15) is 11.3 Å². The van der Waals surface area contributed by atoms with Crippen LogP contribution in [0.15, 0.2) is 24.3 Å². The number of carbonyl (C=O) groups excluding carboxylic acids is 1. The molecule has 1 aromatic rings. The molecule has 0 aliphatic carbocycles. The van der Waals surface area contributed by atoms with Gasteiger partial charge in [0, 0.05) is 6.07 Å². The van der Waals surface area contributed by atoms with Gasteiger partial charge in [0.2, 0.25) is 0 Å². The fraction of sp³-hybridized carbons (Fsp3) is 0.462. The molecule has 0 saturated heterocycles. The molecule has 0 aromatic heterocycles. The molecule has 1 unspecified atom stereocenters. The Bertz CT molecular complexity index is 487. The summed E-state index contributed by atoms with van der Waals surface area (Å²) in [6.45, 7) is 1.90. The highest BCUT2D eigenvalue weighted by molar-refractivity contribution is 5.79. The number of nitro benzene ring substituents is 1. The van der Waals surface area contributed by atoms with Crippen molar-refractivity contribution in [2.45, 2.75) is 25.3 Å². The maximum atomic E-state index is 11.4. The van der Waals surface area contributed by atoms with Crippen LogP contribution >= 0.6 is 0 Å².